The Morgan fingerprint density at radius 3 is 2.67 bits per heavy atom. The van der Waals surface area contributed by atoms with E-state index in [2.05, 4.69) is 4.98 Å². The predicted molar refractivity (Wildman–Crippen MR) is 85.9 cm³/mol. The molecule has 5 heteroatoms. The number of aryl methyl sites for hydroxylation is 1. The van der Waals surface area contributed by atoms with Crippen molar-refractivity contribution in [3.63, 3.8) is 0 Å². The fourth-order valence-electron chi connectivity index (χ4n) is 2.39. The molecule has 0 saturated carbocycles. The number of rotatable bonds is 2. The topological polar surface area (TPSA) is 64.1 Å². The summed E-state index contributed by atoms with van der Waals surface area (Å²) >= 11 is 6.22. The zero-order valence-corrected chi connectivity index (χ0v) is 12.6. The van der Waals surface area contributed by atoms with Crippen LogP contribution < -0.4 is 5.73 Å². The molecule has 0 bridgehead atoms. The quantitative estimate of drug-likeness (QED) is 0.711. The molecule has 3 aromatic rings. The van der Waals surface area contributed by atoms with Crippen molar-refractivity contribution in [2.45, 2.75) is 20.0 Å². The van der Waals surface area contributed by atoms with Crippen LogP contribution in [0, 0.1) is 6.92 Å². The van der Waals surface area contributed by atoms with Gasteiger partial charge in [0.2, 0.25) is 0 Å². The third kappa shape index (κ3) is 2.37. The van der Waals surface area contributed by atoms with E-state index in [-0.39, 0.29) is 0 Å². The van der Waals surface area contributed by atoms with Crippen molar-refractivity contribution in [1.29, 1.82) is 0 Å². The first-order chi connectivity index (χ1) is 9.97. The summed E-state index contributed by atoms with van der Waals surface area (Å²) < 4.78 is 1.91. The molecule has 108 valence electrons. The number of aromatic nitrogens is 2. The van der Waals surface area contributed by atoms with Crippen LogP contribution in [0.3, 0.4) is 0 Å². The molecule has 0 amide bonds. The average molecular weight is 302 g/mol. The third-order valence-electron chi connectivity index (χ3n) is 3.49. The number of nitrogen functional groups attached to an aromatic ring is 1. The molecule has 3 rings (SSSR count). The number of nitrogens with zero attached hydrogens (tertiary/aromatic N) is 2. The highest BCUT2D eigenvalue weighted by atomic mass is 35.5. The molecule has 0 spiro atoms. The molecular weight excluding hydrogens is 286 g/mol. The molecule has 1 heterocycles. The van der Waals surface area contributed by atoms with Crippen LogP contribution in [-0.2, 0) is 0 Å². The third-order valence-corrected chi connectivity index (χ3v) is 3.90. The Kier molecular flexibility index (Phi) is 3.35. The summed E-state index contributed by atoms with van der Waals surface area (Å²) in [5, 5.41) is 10.7. The Morgan fingerprint density at radius 1 is 1.24 bits per heavy atom. The zero-order chi connectivity index (χ0) is 15.1. The highest BCUT2D eigenvalue weighted by Crippen LogP contribution is 2.28. The standard InChI is InChI=1S/C16H16ClN3O/c1-9-3-5-12(8-13(9)17)20-15-6-4-11(18)7-14(15)19-16(20)10(2)21/h3-8,10,21H,18H2,1-2H3. The first-order valence-corrected chi connectivity index (χ1v) is 7.07. The van der Waals surface area contributed by atoms with E-state index in [0.717, 1.165) is 22.3 Å². The number of nitrogens with two attached hydrogens (primary N) is 1. The Labute approximate surface area is 127 Å². The number of hydrogen-bond acceptors (Lipinski definition) is 3. The monoisotopic (exact) mass is 301 g/mol. The van der Waals surface area contributed by atoms with E-state index in [1.165, 1.54) is 0 Å². The van der Waals surface area contributed by atoms with Crippen LogP contribution in [0.25, 0.3) is 16.7 Å². The summed E-state index contributed by atoms with van der Waals surface area (Å²) in [6, 6.07) is 11.3. The Morgan fingerprint density at radius 2 is 2.00 bits per heavy atom. The van der Waals surface area contributed by atoms with Crippen molar-refractivity contribution in [3.05, 3.63) is 52.8 Å². The minimum atomic E-state index is -0.696. The van der Waals surface area contributed by atoms with Crippen molar-refractivity contribution in [2.24, 2.45) is 0 Å². The van der Waals surface area contributed by atoms with Gasteiger partial charge in [-0.05, 0) is 49.7 Å². The molecular formula is C16H16ClN3O. The van der Waals surface area contributed by atoms with Gasteiger partial charge >= 0.3 is 0 Å². The SMILES string of the molecule is Cc1ccc(-n2c(C(C)O)nc3cc(N)ccc32)cc1Cl. The number of aliphatic hydroxyl groups is 1. The van der Waals surface area contributed by atoms with Crippen molar-refractivity contribution in [2.75, 3.05) is 5.73 Å². The first kappa shape index (κ1) is 13.9. The van der Waals surface area contributed by atoms with Crippen LogP contribution >= 0.6 is 11.6 Å². The van der Waals surface area contributed by atoms with Crippen molar-refractivity contribution in [1.82, 2.24) is 9.55 Å². The summed E-state index contributed by atoms with van der Waals surface area (Å²) in [6.45, 7) is 3.64. The van der Waals surface area contributed by atoms with Gasteiger partial charge in [-0.1, -0.05) is 17.7 Å². The molecule has 1 atom stereocenters. The highest BCUT2D eigenvalue weighted by molar-refractivity contribution is 6.31. The maximum atomic E-state index is 10.0. The number of fused-ring (bicyclic) bond motifs is 1. The summed E-state index contributed by atoms with van der Waals surface area (Å²) in [5.74, 6) is 0.565. The van der Waals surface area contributed by atoms with E-state index in [1.807, 2.05) is 41.8 Å². The number of benzene rings is 2. The van der Waals surface area contributed by atoms with E-state index in [1.54, 1.807) is 13.0 Å². The van der Waals surface area contributed by atoms with Gasteiger partial charge in [0, 0.05) is 16.4 Å². The number of anilines is 1. The Balaban J connectivity index is 2.33. The molecule has 1 unspecified atom stereocenters. The smallest absolute Gasteiger partial charge is 0.143 e. The molecule has 1 aromatic heterocycles. The summed E-state index contributed by atoms with van der Waals surface area (Å²) in [6.07, 6.45) is -0.696. The second kappa shape index (κ2) is 5.06. The van der Waals surface area contributed by atoms with Crippen LogP contribution in [0.1, 0.15) is 24.4 Å². The van der Waals surface area contributed by atoms with Gasteiger partial charge in [-0.25, -0.2) is 4.98 Å². The van der Waals surface area contributed by atoms with Crippen LogP contribution in [0.2, 0.25) is 5.02 Å². The average Bonchev–Trinajstić information content (AvgIpc) is 2.80. The van der Waals surface area contributed by atoms with Crippen LogP contribution in [0.15, 0.2) is 36.4 Å². The van der Waals surface area contributed by atoms with Crippen LogP contribution in [0.4, 0.5) is 5.69 Å². The summed E-state index contributed by atoms with van der Waals surface area (Å²) in [4.78, 5) is 4.49. The maximum absolute atomic E-state index is 10.0. The number of imidazole rings is 1. The van der Waals surface area contributed by atoms with E-state index >= 15 is 0 Å². The second-order valence-corrected chi connectivity index (χ2v) is 5.57. The summed E-state index contributed by atoms with van der Waals surface area (Å²) in [5.41, 5.74) is 9.97. The molecule has 0 aliphatic carbocycles. The van der Waals surface area contributed by atoms with Crippen molar-refractivity contribution < 1.29 is 5.11 Å². The fourth-order valence-corrected chi connectivity index (χ4v) is 2.56. The first-order valence-electron chi connectivity index (χ1n) is 6.70. The minimum Gasteiger partial charge on any atom is -0.399 e. The lowest BCUT2D eigenvalue weighted by Crippen LogP contribution is -2.04. The van der Waals surface area contributed by atoms with Gasteiger partial charge in [0.1, 0.15) is 11.9 Å². The molecule has 4 nitrogen and oxygen atoms in total. The van der Waals surface area contributed by atoms with Gasteiger partial charge in [-0.15, -0.1) is 0 Å². The molecule has 21 heavy (non-hydrogen) atoms. The largest absolute Gasteiger partial charge is 0.399 e. The van der Waals surface area contributed by atoms with Gasteiger partial charge in [0.15, 0.2) is 0 Å². The Hall–Kier alpha value is -2.04. The van der Waals surface area contributed by atoms with E-state index in [9.17, 15) is 5.11 Å². The molecule has 0 aliphatic rings. The molecule has 0 saturated heterocycles. The van der Waals surface area contributed by atoms with Gasteiger partial charge in [-0.2, -0.15) is 0 Å². The fraction of sp³-hybridized carbons (Fsp3) is 0.188. The zero-order valence-electron chi connectivity index (χ0n) is 11.8. The molecule has 0 fully saturated rings. The minimum absolute atomic E-state index is 0.565. The van der Waals surface area contributed by atoms with Gasteiger partial charge in [-0.3, -0.25) is 4.57 Å². The van der Waals surface area contributed by atoms with Crippen molar-refractivity contribution in [3.8, 4) is 5.69 Å². The Bertz CT molecular complexity index is 824. The predicted octanol–water partition coefficient (Wildman–Crippen LogP) is 3.62. The van der Waals surface area contributed by atoms with Gasteiger partial charge in [0.25, 0.3) is 0 Å². The number of halogens is 1. The van der Waals surface area contributed by atoms with E-state index in [0.29, 0.717) is 16.5 Å². The molecule has 0 radical (unpaired) electrons. The highest BCUT2D eigenvalue weighted by Gasteiger charge is 2.16. The van der Waals surface area contributed by atoms with Crippen molar-refractivity contribution >= 4 is 28.3 Å². The summed E-state index contributed by atoms with van der Waals surface area (Å²) in [7, 11) is 0. The molecule has 0 aliphatic heterocycles. The number of hydrogen-bond donors (Lipinski definition) is 2. The normalized spacial score (nSPS) is 12.8. The lowest BCUT2D eigenvalue weighted by atomic mass is 10.2. The van der Waals surface area contributed by atoms with E-state index < -0.39 is 6.10 Å². The van der Waals surface area contributed by atoms with Crippen LogP contribution in [-0.4, -0.2) is 14.7 Å². The van der Waals surface area contributed by atoms with Gasteiger partial charge in [0.05, 0.1) is 11.0 Å². The molecule has 2 aromatic carbocycles. The van der Waals surface area contributed by atoms with Crippen LogP contribution in [0.5, 0.6) is 0 Å². The molecule has 3 N–H and O–H groups in total. The van der Waals surface area contributed by atoms with E-state index in [4.69, 9.17) is 17.3 Å². The maximum Gasteiger partial charge on any atom is 0.143 e. The van der Waals surface area contributed by atoms with Gasteiger partial charge < -0.3 is 10.8 Å². The lowest BCUT2D eigenvalue weighted by Gasteiger charge is -2.12. The lowest BCUT2D eigenvalue weighted by molar-refractivity contribution is 0.187. The second-order valence-electron chi connectivity index (χ2n) is 5.16. The number of aliphatic hydroxyl groups excluding tert-OH is 1.